The van der Waals surface area contributed by atoms with Crippen LogP contribution < -0.4 is 5.73 Å². The van der Waals surface area contributed by atoms with Crippen LogP contribution in [-0.4, -0.2) is 9.55 Å². The van der Waals surface area contributed by atoms with Crippen molar-refractivity contribution in [3.63, 3.8) is 0 Å². The van der Waals surface area contributed by atoms with Crippen LogP contribution >= 0.6 is 11.6 Å². The lowest BCUT2D eigenvalue weighted by Crippen LogP contribution is -2.17. The van der Waals surface area contributed by atoms with Crippen LogP contribution in [0.1, 0.15) is 30.8 Å². The van der Waals surface area contributed by atoms with Gasteiger partial charge in [-0.1, -0.05) is 24.6 Å². The summed E-state index contributed by atoms with van der Waals surface area (Å²) in [6.45, 7) is 2.99. The second-order valence-electron chi connectivity index (χ2n) is 4.51. The zero-order chi connectivity index (χ0) is 13.8. The van der Waals surface area contributed by atoms with Crippen LogP contribution in [0.3, 0.4) is 0 Å². The molecule has 0 aliphatic heterocycles. The number of nitrogens with zero attached hydrogens (tertiary/aromatic N) is 2. The van der Waals surface area contributed by atoms with Gasteiger partial charge in [0.2, 0.25) is 0 Å². The third-order valence-electron chi connectivity index (χ3n) is 3.03. The molecular formula is C14H17ClFN3. The quantitative estimate of drug-likeness (QED) is 0.913. The molecule has 19 heavy (non-hydrogen) atoms. The van der Waals surface area contributed by atoms with E-state index in [9.17, 15) is 4.39 Å². The lowest BCUT2D eigenvalue weighted by molar-refractivity contribution is 0.558. The normalized spacial score (nSPS) is 12.6. The molecule has 0 saturated carbocycles. The fourth-order valence-electron chi connectivity index (χ4n) is 2.08. The van der Waals surface area contributed by atoms with Crippen molar-refractivity contribution in [2.24, 2.45) is 5.73 Å². The topological polar surface area (TPSA) is 43.8 Å². The molecule has 1 unspecified atom stereocenters. The van der Waals surface area contributed by atoms with Gasteiger partial charge >= 0.3 is 0 Å². The number of hydrogen-bond acceptors (Lipinski definition) is 2. The minimum atomic E-state index is -0.421. The molecule has 0 fully saturated rings. The van der Waals surface area contributed by atoms with Crippen molar-refractivity contribution in [1.82, 2.24) is 9.55 Å². The van der Waals surface area contributed by atoms with Crippen LogP contribution in [0, 0.1) is 5.82 Å². The Bertz CT molecular complexity index is 553. The molecule has 0 aliphatic rings. The zero-order valence-electron chi connectivity index (χ0n) is 10.8. The number of aryl methyl sites for hydroxylation is 1. The Morgan fingerprint density at radius 2 is 2.26 bits per heavy atom. The van der Waals surface area contributed by atoms with E-state index in [2.05, 4.69) is 11.9 Å². The van der Waals surface area contributed by atoms with Crippen molar-refractivity contribution in [2.45, 2.75) is 32.4 Å². The van der Waals surface area contributed by atoms with Crippen molar-refractivity contribution < 1.29 is 4.39 Å². The predicted octanol–water partition coefficient (Wildman–Crippen LogP) is 3.33. The summed E-state index contributed by atoms with van der Waals surface area (Å²) >= 11 is 5.73. The molecule has 0 spiro atoms. The Kier molecular flexibility index (Phi) is 4.56. The third kappa shape index (κ3) is 3.33. The van der Waals surface area contributed by atoms with Gasteiger partial charge in [0.05, 0.1) is 0 Å². The van der Waals surface area contributed by atoms with Gasteiger partial charge in [-0.15, -0.1) is 0 Å². The largest absolute Gasteiger partial charge is 0.335 e. The minimum absolute atomic E-state index is 0.367. The number of aromatic nitrogens is 2. The number of hydrogen-bond donors (Lipinski definition) is 1. The highest BCUT2D eigenvalue weighted by atomic mass is 35.5. The van der Waals surface area contributed by atoms with Gasteiger partial charge in [-0.05, 0) is 18.6 Å². The molecule has 1 aromatic heterocycles. The van der Waals surface area contributed by atoms with Crippen LogP contribution in [-0.2, 0) is 13.0 Å². The lowest BCUT2D eigenvalue weighted by Gasteiger charge is -2.14. The van der Waals surface area contributed by atoms with Gasteiger partial charge in [-0.2, -0.15) is 0 Å². The molecule has 0 amide bonds. The Labute approximate surface area is 117 Å². The minimum Gasteiger partial charge on any atom is -0.335 e. The number of benzene rings is 1. The Balaban J connectivity index is 2.16. The molecule has 2 N–H and O–H groups in total. The van der Waals surface area contributed by atoms with E-state index in [0.29, 0.717) is 17.0 Å². The van der Waals surface area contributed by atoms with E-state index >= 15 is 0 Å². The van der Waals surface area contributed by atoms with Gasteiger partial charge in [0.15, 0.2) is 0 Å². The number of halogens is 2. The predicted molar refractivity (Wildman–Crippen MR) is 74.6 cm³/mol. The molecule has 1 atom stereocenters. The summed E-state index contributed by atoms with van der Waals surface area (Å²) < 4.78 is 15.8. The van der Waals surface area contributed by atoms with Gasteiger partial charge in [0, 0.05) is 42.0 Å². The molecule has 0 aliphatic carbocycles. The van der Waals surface area contributed by atoms with Crippen molar-refractivity contribution in [2.75, 3.05) is 0 Å². The summed E-state index contributed by atoms with van der Waals surface area (Å²) in [5.74, 6) is 0.511. The van der Waals surface area contributed by atoms with Crippen molar-refractivity contribution in [3.05, 3.63) is 52.8 Å². The molecule has 3 nitrogen and oxygen atoms in total. The fraction of sp³-hybridized carbons (Fsp3) is 0.357. The Morgan fingerprint density at radius 1 is 1.47 bits per heavy atom. The van der Waals surface area contributed by atoms with Gasteiger partial charge in [0.25, 0.3) is 0 Å². The van der Waals surface area contributed by atoms with E-state index < -0.39 is 6.04 Å². The molecule has 1 heterocycles. The van der Waals surface area contributed by atoms with Crippen LogP contribution in [0.2, 0.25) is 5.02 Å². The first-order valence-corrected chi connectivity index (χ1v) is 6.70. The van der Waals surface area contributed by atoms with Crippen molar-refractivity contribution in [1.29, 1.82) is 0 Å². The Hall–Kier alpha value is -1.39. The first-order chi connectivity index (χ1) is 9.11. The van der Waals surface area contributed by atoms with Crippen LogP contribution in [0.25, 0.3) is 0 Å². The van der Waals surface area contributed by atoms with Gasteiger partial charge in [0.1, 0.15) is 11.6 Å². The van der Waals surface area contributed by atoms with E-state index in [1.807, 2.05) is 10.8 Å². The van der Waals surface area contributed by atoms with E-state index in [0.717, 1.165) is 18.8 Å². The van der Waals surface area contributed by atoms with Gasteiger partial charge in [-0.3, -0.25) is 0 Å². The maximum Gasteiger partial charge on any atom is 0.129 e. The van der Waals surface area contributed by atoms with Gasteiger partial charge in [-0.25, -0.2) is 9.37 Å². The summed E-state index contributed by atoms with van der Waals surface area (Å²) in [7, 11) is 0. The standard InChI is InChI=1S/C14H17ClFN3/c1-2-6-19-7-5-18-14(19)9-13(17)11-4-3-10(15)8-12(11)16/h3-5,7-8,13H,2,6,9,17H2,1H3. The summed E-state index contributed by atoms with van der Waals surface area (Å²) in [5, 5.41) is 0.376. The zero-order valence-corrected chi connectivity index (χ0v) is 11.6. The van der Waals surface area contributed by atoms with Crippen LogP contribution in [0.4, 0.5) is 4.39 Å². The molecule has 0 bridgehead atoms. The van der Waals surface area contributed by atoms with Crippen molar-refractivity contribution in [3.8, 4) is 0 Å². The lowest BCUT2D eigenvalue weighted by atomic mass is 10.0. The molecule has 2 aromatic rings. The molecule has 0 saturated heterocycles. The van der Waals surface area contributed by atoms with Gasteiger partial charge < -0.3 is 10.3 Å². The SMILES string of the molecule is CCCn1ccnc1CC(N)c1ccc(Cl)cc1F. The average Bonchev–Trinajstić information content (AvgIpc) is 2.77. The van der Waals surface area contributed by atoms with Crippen LogP contribution in [0.15, 0.2) is 30.6 Å². The molecule has 5 heteroatoms. The summed E-state index contributed by atoms with van der Waals surface area (Å²) in [6, 6.07) is 4.15. The monoisotopic (exact) mass is 281 g/mol. The highest BCUT2D eigenvalue weighted by Crippen LogP contribution is 2.21. The number of nitrogens with two attached hydrogens (primary N) is 1. The number of rotatable bonds is 5. The summed E-state index contributed by atoms with van der Waals surface area (Å²) in [4.78, 5) is 4.28. The molecule has 1 aromatic carbocycles. The van der Waals surface area contributed by atoms with E-state index in [1.165, 1.54) is 6.07 Å². The maximum atomic E-state index is 13.8. The molecule has 102 valence electrons. The molecule has 2 rings (SSSR count). The molecule has 0 radical (unpaired) electrons. The highest BCUT2D eigenvalue weighted by molar-refractivity contribution is 6.30. The molecular weight excluding hydrogens is 265 g/mol. The summed E-state index contributed by atoms with van der Waals surface area (Å²) in [6.07, 6.45) is 5.19. The van der Waals surface area contributed by atoms with Crippen LogP contribution in [0.5, 0.6) is 0 Å². The highest BCUT2D eigenvalue weighted by Gasteiger charge is 2.15. The third-order valence-corrected chi connectivity index (χ3v) is 3.27. The van der Waals surface area contributed by atoms with E-state index in [1.54, 1.807) is 18.3 Å². The average molecular weight is 282 g/mol. The Morgan fingerprint density at radius 3 is 2.95 bits per heavy atom. The summed E-state index contributed by atoms with van der Waals surface area (Å²) in [5.41, 5.74) is 6.53. The first kappa shape index (κ1) is 14.0. The first-order valence-electron chi connectivity index (χ1n) is 6.32. The number of imidazole rings is 1. The van der Waals surface area contributed by atoms with E-state index in [-0.39, 0.29) is 5.82 Å². The van der Waals surface area contributed by atoms with Crippen molar-refractivity contribution >= 4 is 11.6 Å². The fourth-order valence-corrected chi connectivity index (χ4v) is 2.24. The second kappa shape index (κ2) is 6.17. The maximum absolute atomic E-state index is 13.8. The van der Waals surface area contributed by atoms with E-state index in [4.69, 9.17) is 17.3 Å². The second-order valence-corrected chi connectivity index (χ2v) is 4.95. The smallest absolute Gasteiger partial charge is 0.129 e.